The molecule has 6 nitrogen and oxygen atoms in total. The lowest BCUT2D eigenvalue weighted by atomic mass is 10.1. The number of likely N-dealkylation sites (tertiary alicyclic amines) is 1. The Hall–Kier alpha value is -1.37. The molecule has 1 aliphatic rings. The van der Waals surface area contributed by atoms with Gasteiger partial charge in [-0.1, -0.05) is 0 Å². The van der Waals surface area contributed by atoms with Gasteiger partial charge in [0.05, 0.1) is 32.7 Å². The summed E-state index contributed by atoms with van der Waals surface area (Å²) >= 11 is 0. The molecule has 6 heteroatoms. The van der Waals surface area contributed by atoms with Crippen molar-refractivity contribution < 1.29 is 23.8 Å². The van der Waals surface area contributed by atoms with Crippen LogP contribution in [0.2, 0.25) is 0 Å². The van der Waals surface area contributed by atoms with Crippen LogP contribution in [-0.4, -0.2) is 55.5 Å². The number of furan rings is 1. The maximum Gasteiger partial charge on any atom is 0.374 e. The quantitative estimate of drug-likeness (QED) is 0.786. The number of nitrogens with zero attached hydrogens (tertiary/aromatic N) is 1. The highest BCUT2D eigenvalue weighted by Gasteiger charge is 2.22. The van der Waals surface area contributed by atoms with Crippen molar-refractivity contribution in [2.24, 2.45) is 0 Å². The molecule has 0 radical (unpaired) electrons. The summed E-state index contributed by atoms with van der Waals surface area (Å²) in [6.07, 6.45) is 3.61. The maximum atomic E-state index is 11.5. The van der Waals surface area contributed by atoms with Gasteiger partial charge < -0.3 is 19.0 Å². The fraction of sp³-hybridized carbons (Fsp3) is 0.643. The standard InChI is InChI=1S/C14H21NO5/c1-18-14(17)13-11(4-8-20-13)10-15-5-2-12(3-6-15)19-9-7-16/h4,8,12,16H,2-3,5-7,9-10H2,1H3. The van der Waals surface area contributed by atoms with Crippen molar-refractivity contribution in [2.75, 3.05) is 33.4 Å². The summed E-state index contributed by atoms with van der Waals surface area (Å²) in [5.74, 6) is -0.155. The third-order valence-electron chi connectivity index (χ3n) is 3.49. The topological polar surface area (TPSA) is 72.1 Å². The van der Waals surface area contributed by atoms with E-state index >= 15 is 0 Å². The van der Waals surface area contributed by atoms with Gasteiger partial charge >= 0.3 is 5.97 Å². The number of carbonyl (C=O) groups excluding carboxylic acids is 1. The van der Waals surface area contributed by atoms with Crippen LogP contribution in [0.15, 0.2) is 16.7 Å². The summed E-state index contributed by atoms with van der Waals surface area (Å²) in [4.78, 5) is 13.8. The molecule has 0 aromatic carbocycles. The first-order chi connectivity index (χ1) is 9.74. The third-order valence-corrected chi connectivity index (χ3v) is 3.49. The summed E-state index contributed by atoms with van der Waals surface area (Å²) in [7, 11) is 1.35. The van der Waals surface area contributed by atoms with Gasteiger partial charge in [-0.2, -0.15) is 0 Å². The minimum atomic E-state index is -0.439. The Morgan fingerprint density at radius 3 is 2.90 bits per heavy atom. The molecule has 1 aromatic heterocycles. The molecule has 0 atom stereocenters. The van der Waals surface area contributed by atoms with Crippen molar-refractivity contribution in [2.45, 2.75) is 25.5 Å². The second-order valence-electron chi connectivity index (χ2n) is 4.84. The van der Waals surface area contributed by atoms with E-state index < -0.39 is 5.97 Å². The van der Waals surface area contributed by atoms with Gasteiger partial charge in [-0.05, 0) is 18.9 Å². The van der Waals surface area contributed by atoms with E-state index in [-0.39, 0.29) is 18.5 Å². The number of rotatable bonds is 6. The molecule has 0 amide bonds. The zero-order chi connectivity index (χ0) is 14.4. The fourth-order valence-corrected chi connectivity index (χ4v) is 2.43. The van der Waals surface area contributed by atoms with Crippen LogP contribution < -0.4 is 0 Å². The number of hydrogen-bond acceptors (Lipinski definition) is 6. The lowest BCUT2D eigenvalue weighted by Crippen LogP contribution is -2.37. The highest BCUT2D eigenvalue weighted by atomic mass is 16.5. The van der Waals surface area contributed by atoms with Gasteiger partial charge in [0.25, 0.3) is 0 Å². The van der Waals surface area contributed by atoms with Gasteiger partial charge in [-0.15, -0.1) is 0 Å². The monoisotopic (exact) mass is 283 g/mol. The first-order valence-corrected chi connectivity index (χ1v) is 6.84. The summed E-state index contributed by atoms with van der Waals surface area (Å²) < 4.78 is 15.4. The Bertz CT molecular complexity index is 423. The van der Waals surface area contributed by atoms with Crippen molar-refractivity contribution in [1.29, 1.82) is 0 Å². The van der Waals surface area contributed by atoms with Crippen LogP contribution in [0.25, 0.3) is 0 Å². The average Bonchev–Trinajstić information content (AvgIpc) is 2.94. The van der Waals surface area contributed by atoms with Crippen LogP contribution in [0.3, 0.4) is 0 Å². The molecule has 1 fully saturated rings. The van der Waals surface area contributed by atoms with E-state index in [0.717, 1.165) is 31.5 Å². The highest BCUT2D eigenvalue weighted by Crippen LogP contribution is 2.19. The van der Waals surface area contributed by atoms with Gasteiger partial charge in [-0.25, -0.2) is 4.79 Å². The van der Waals surface area contributed by atoms with E-state index in [4.69, 9.17) is 19.0 Å². The van der Waals surface area contributed by atoms with E-state index in [0.29, 0.717) is 13.2 Å². The Kier molecular flexibility index (Phi) is 5.58. The van der Waals surface area contributed by atoms with Crippen molar-refractivity contribution in [3.8, 4) is 0 Å². The van der Waals surface area contributed by atoms with E-state index in [1.54, 1.807) is 6.07 Å². The van der Waals surface area contributed by atoms with Gasteiger partial charge in [0.2, 0.25) is 5.76 Å². The normalized spacial score (nSPS) is 17.3. The fourth-order valence-electron chi connectivity index (χ4n) is 2.43. The Morgan fingerprint density at radius 1 is 1.50 bits per heavy atom. The largest absolute Gasteiger partial charge is 0.463 e. The van der Waals surface area contributed by atoms with Crippen molar-refractivity contribution in [1.82, 2.24) is 4.90 Å². The molecular weight excluding hydrogens is 262 g/mol. The van der Waals surface area contributed by atoms with Crippen LogP contribution in [0.4, 0.5) is 0 Å². The number of methoxy groups -OCH3 is 1. The molecule has 112 valence electrons. The van der Waals surface area contributed by atoms with Crippen LogP contribution in [0.1, 0.15) is 29.0 Å². The molecule has 20 heavy (non-hydrogen) atoms. The van der Waals surface area contributed by atoms with E-state index in [2.05, 4.69) is 4.90 Å². The molecule has 2 heterocycles. The van der Waals surface area contributed by atoms with Crippen LogP contribution in [-0.2, 0) is 16.0 Å². The van der Waals surface area contributed by atoms with E-state index in [1.165, 1.54) is 13.4 Å². The smallest absolute Gasteiger partial charge is 0.374 e. The number of carbonyl (C=O) groups is 1. The highest BCUT2D eigenvalue weighted by molar-refractivity contribution is 5.87. The van der Waals surface area contributed by atoms with Crippen LogP contribution >= 0.6 is 0 Å². The van der Waals surface area contributed by atoms with Gasteiger partial charge in [0, 0.05) is 25.2 Å². The van der Waals surface area contributed by atoms with Crippen molar-refractivity contribution >= 4 is 5.97 Å². The molecule has 0 bridgehead atoms. The molecule has 0 unspecified atom stereocenters. The van der Waals surface area contributed by atoms with Gasteiger partial charge in [-0.3, -0.25) is 4.90 Å². The second-order valence-corrected chi connectivity index (χ2v) is 4.84. The minimum absolute atomic E-state index is 0.0672. The van der Waals surface area contributed by atoms with Crippen molar-refractivity contribution in [3.63, 3.8) is 0 Å². The summed E-state index contributed by atoms with van der Waals surface area (Å²) in [5.41, 5.74) is 0.853. The molecule has 1 aromatic rings. The van der Waals surface area contributed by atoms with E-state index in [1.807, 2.05) is 0 Å². The SMILES string of the molecule is COC(=O)c1occc1CN1CCC(OCCO)CC1. The summed E-state index contributed by atoms with van der Waals surface area (Å²) in [6, 6.07) is 1.81. The number of esters is 1. The van der Waals surface area contributed by atoms with Gasteiger partial charge in [0.1, 0.15) is 0 Å². The molecule has 1 saturated heterocycles. The number of piperidine rings is 1. The van der Waals surface area contributed by atoms with Crippen LogP contribution in [0.5, 0.6) is 0 Å². The lowest BCUT2D eigenvalue weighted by molar-refractivity contribution is -0.00912. The number of hydrogen-bond donors (Lipinski definition) is 1. The maximum absolute atomic E-state index is 11.5. The molecule has 1 N–H and O–H groups in total. The summed E-state index contributed by atoms with van der Waals surface area (Å²) in [6.45, 7) is 2.95. The predicted molar refractivity (Wildman–Crippen MR) is 71.4 cm³/mol. The minimum Gasteiger partial charge on any atom is -0.463 e. The number of ether oxygens (including phenoxy) is 2. The predicted octanol–water partition coefficient (Wildman–Crippen LogP) is 1.04. The Morgan fingerprint density at radius 2 is 2.25 bits per heavy atom. The first-order valence-electron chi connectivity index (χ1n) is 6.84. The second kappa shape index (κ2) is 7.42. The molecule has 2 rings (SSSR count). The Balaban J connectivity index is 1.84. The van der Waals surface area contributed by atoms with Crippen molar-refractivity contribution in [3.05, 3.63) is 23.7 Å². The zero-order valence-electron chi connectivity index (χ0n) is 11.7. The lowest BCUT2D eigenvalue weighted by Gasteiger charge is -2.31. The van der Waals surface area contributed by atoms with Gasteiger partial charge in [0.15, 0.2) is 0 Å². The average molecular weight is 283 g/mol. The molecule has 1 aliphatic heterocycles. The molecular formula is C14H21NO5. The number of aliphatic hydroxyl groups is 1. The Labute approximate surface area is 118 Å². The third kappa shape index (κ3) is 3.82. The number of aliphatic hydroxyl groups excluding tert-OH is 1. The zero-order valence-corrected chi connectivity index (χ0v) is 11.7. The molecule has 0 aliphatic carbocycles. The van der Waals surface area contributed by atoms with E-state index in [9.17, 15) is 4.79 Å². The first kappa shape index (κ1) is 15.0. The van der Waals surface area contributed by atoms with Crippen LogP contribution in [0, 0.1) is 0 Å². The summed E-state index contributed by atoms with van der Waals surface area (Å²) in [5, 5.41) is 8.74. The molecule has 0 spiro atoms. The molecule has 0 saturated carbocycles.